The van der Waals surface area contributed by atoms with Crippen molar-refractivity contribution in [1.82, 2.24) is 15.0 Å². The lowest BCUT2D eigenvalue weighted by Crippen LogP contribution is -2.24. The zero-order chi connectivity index (χ0) is 13.8. The highest BCUT2D eigenvalue weighted by atomic mass is 35.5. The number of rotatable bonds is 4. The number of pyridine rings is 1. The van der Waals surface area contributed by atoms with E-state index in [2.05, 4.69) is 26.8 Å². The number of hydrogen-bond donors (Lipinski definition) is 0. The van der Waals surface area contributed by atoms with Gasteiger partial charge in [0.25, 0.3) is 0 Å². The molecule has 2 aromatic heterocycles. The van der Waals surface area contributed by atoms with E-state index in [4.69, 9.17) is 11.6 Å². The zero-order valence-corrected chi connectivity index (χ0v) is 12.1. The van der Waals surface area contributed by atoms with Crippen molar-refractivity contribution in [2.45, 2.75) is 27.3 Å². The van der Waals surface area contributed by atoms with Crippen molar-refractivity contribution in [3.05, 3.63) is 46.6 Å². The molecule has 2 heterocycles. The van der Waals surface area contributed by atoms with Crippen LogP contribution in [0.2, 0.25) is 5.28 Å². The first-order chi connectivity index (χ1) is 9.10. The van der Waals surface area contributed by atoms with Crippen molar-refractivity contribution < 1.29 is 0 Å². The molecule has 0 N–H and O–H groups in total. The van der Waals surface area contributed by atoms with E-state index in [0.29, 0.717) is 6.54 Å². The molecule has 0 spiro atoms. The summed E-state index contributed by atoms with van der Waals surface area (Å²) in [7, 11) is 0. The lowest BCUT2D eigenvalue weighted by molar-refractivity contribution is 0.783. The minimum absolute atomic E-state index is 0.274. The Hall–Kier alpha value is -1.68. The van der Waals surface area contributed by atoms with Gasteiger partial charge in [-0.2, -0.15) is 0 Å². The Labute approximate surface area is 118 Å². The maximum absolute atomic E-state index is 5.88. The van der Waals surface area contributed by atoms with Gasteiger partial charge in [-0.1, -0.05) is 6.07 Å². The van der Waals surface area contributed by atoms with Gasteiger partial charge in [0.1, 0.15) is 5.82 Å². The van der Waals surface area contributed by atoms with E-state index < -0.39 is 0 Å². The molecule has 0 radical (unpaired) electrons. The number of anilines is 1. The van der Waals surface area contributed by atoms with Gasteiger partial charge >= 0.3 is 0 Å². The van der Waals surface area contributed by atoms with Gasteiger partial charge in [-0.25, -0.2) is 9.97 Å². The van der Waals surface area contributed by atoms with Gasteiger partial charge in [0.05, 0.1) is 12.2 Å². The lowest BCUT2D eigenvalue weighted by Gasteiger charge is -2.23. The SMILES string of the molecule is CCN(Cc1cccc(C)n1)c1nc(Cl)ncc1C. The fourth-order valence-electron chi connectivity index (χ4n) is 1.95. The Morgan fingerprint density at radius 3 is 2.68 bits per heavy atom. The van der Waals surface area contributed by atoms with E-state index in [0.717, 1.165) is 29.3 Å². The number of aryl methyl sites for hydroxylation is 2. The van der Waals surface area contributed by atoms with Crippen LogP contribution < -0.4 is 4.90 Å². The highest BCUT2D eigenvalue weighted by Gasteiger charge is 2.11. The van der Waals surface area contributed by atoms with Crippen LogP contribution in [0.3, 0.4) is 0 Å². The molecule has 4 nitrogen and oxygen atoms in total. The molecule has 0 amide bonds. The minimum Gasteiger partial charge on any atom is -0.351 e. The molecular formula is C14H17ClN4. The first-order valence-electron chi connectivity index (χ1n) is 6.26. The average Bonchev–Trinajstić information content (AvgIpc) is 2.39. The molecule has 19 heavy (non-hydrogen) atoms. The molecule has 0 aliphatic carbocycles. The molecule has 0 saturated carbocycles. The molecule has 0 bridgehead atoms. The van der Waals surface area contributed by atoms with Crippen LogP contribution >= 0.6 is 11.6 Å². The van der Waals surface area contributed by atoms with Crippen LogP contribution in [-0.2, 0) is 6.54 Å². The monoisotopic (exact) mass is 276 g/mol. The Morgan fingerprint density at radius 2 is 2.00 bits per heavy atom. The van der Waals surface area contributed by atoms with E-state index in [-0.39, 0.29) is 5.28 Å². The number of aromatic nitrogens is 3. The molecule has 0 unspecified atom stereocenters. The molecule has 2 aromatic rings. The average molecular weight is 277 g/mol. The third-order valence-electron chi connectivity index (χ3n) is 2.90. The topological polar surface area (TPSA) is 41.9 Å². The predicted molar refractivity (Wildman–Crippen MR) is 77.5 cm³/mol. The minimum atomic E-state index is 0.274. The molecule has 0 fully saturated rings. The van der Waals surface area contributed by atoms with Crippen molar-refractivity contribution in [3.8, 4) is 0 Å². The van der Waals surface area contributed by atoms with Crippen molar-refractivity contribution in [1.29, 1.82) is 0 Å². The standard InChI is InChI=1S/C14H17ClN4/c1-4-19(9-12-7-5-6-11(3)17-12)13-10(2)8-16-14(15)18-13/h5-8H,4,9H2,1-3H3. The fourth-order valence-corrected chi connectivity index (χ4v) is 2.08. The Balaban J connectivity index is 2.27. The summed E-state index contributed by atoms with van der Waals surface area (Å²) in [6, 6.07) is 6.03. The number of nitrogens with zero attached hydrogens (tertiary/aromatic N) is 4. The molecule has 5 heteroatoms. The molecule has 100 valence electrons. The quantitative estimate of drug-likeness (QED) is 0.805. The summed E-state index contributed by atoms with van der Waals surface area (Å²) >= 11 is 5.88. The smallest absolute Gasteiger partial charge is 0.224 e. The van der Waals surface area contributed by atoms with Crippen molar-refractivity contribution in [3.63, 3.8) is 0 Å². The highest BCUT2D eigenvalue weighted by Crippen LogP contribution is 2.19. The van der Waals surface area contributed by atoms with Gasteiger partial charge in [0.15, 0.2) is 0 Å². The van der Waals surface area contributed by atoms with E-state index in [9.17, 15) is 0 Å². The lowest BCUT2D eigenvalue weighted by atomic mass is 10.2. The summed E-state index contributed by atoms with van der Waals surface area (Å²) in [6.07, 6.45) is 1.75. The van der Waals surface area contributed by atoms with E-state index in [1.54, 1.807) is 6.20 Å². The number of hydrogen-bond acceptors (Lipinski definition) is 4. The first kappa shape index (κ1) is 13.7. The Bertz CT molecular complexity index is 571. The van der Waals surface area contributed by atoms with Gasteiger partial charge in [-0.05, 0) is 44.5 Å². The second kappa shape index (κ2) is 5.97. The largest absolute Gasteiger partial charge is 0.351 e. The molecule has 0 aliphatic heterocycles. The van der Waals surface area contributed by atoms with Crippen molar-refractivity contribution >= 4 is 17.4 Å². The van der Waals surface area contributed by atoms with Crippen LogP contribution in [0.5, 0.6) is 0 Å². The third-order valence-corrected chi connectivity index (χ3v) is 3.08. The second-order valence-corrected chi connectivity index (χ2v) is 4.77. The molecule has 0 aromatic carbocycles. The maximum atomic E-state index is 5.88. The number of halogens is 1. The van der Waals surface area contributed by atoms with E-state index in [1.165, 1.54) is 0 Å². The summed E-state index contributed by atoms with van der Waals surface area (Å²) < 4.78 is 0. The third kappa shape index (κ3) is 3.41. The van der Waals surface area contributed by atoms with Gasteiger partial charge in [0, 0.05) is 24.0 Å². The van der Waals surface area contributed by atoms with Crippen LogP contribution in [-0.4, -0.2) is 21.5 Å². The van der Waals surface area contributed by atoms with Crippen LogP contribution in [0.25, 0.3) is 0 Å². The Morgan fingerprint density at radius 1 is 1.21 bits per heavy atom. The normalized spacial score (nSPS) is 10.5. The van der Waals surface area contributed by atoms with Crippen LogP contribution in [0.4, 0.5) is 5.82 Å². The highest BCUT2D eigenvalue weighted by molar-refractivity contribution is 6.28. The fraction of sp³-hybridized carbons (Fsp3) is 0.357. The summed E-state index contributed by atoms with van der Waals surface area (Å²) in [4.78, 5) is 15.0. The van der Waals surface area contributed by atoms with Crippen LogP contribution in [0.1, 0.15) is 23.9 Å². The molecule has 2 rings (SSSR count). The van der Waals surface area contributed by atoms with Crippen LogP contribution in [0, 0.1) is 13.8 Å². The molecule has 0 atom stereocenters. The first-order valence-corrected chi connectivity index (χ1v) is 6.64. The zero-order valence-electron chi connectivity index (χ0n) is 11.4. The summed E-state index contributed by atoms with van der Waals surface area (Å²) in [5.74, 6) is 0.866. The molecule has 0 saturated heterocycles. The van der Waals surface area contributed by atoms with Crippen LogP contribution in [0.15, 0.2) is 24.4 Å². The maximum Gasteiger partial charge on any atom is 0.224 e. The van der Waals surface area contributed by atoms with Crippen molar-refractivity contribution in [2.24, 2.45) is 0 Å². The summed E-state index contributed by atoms with van der Waals surface area (Å²) in [5.41, 5.74) is 3.06. The van der Waals surface area contributed by atoms with E-state index >= 15 is 0 Å². The van der Waals surface area contributed by atoms with Crippen molar-refractivity contribution in [2.75, 3.05) is 11.4 Å². The van der Waals surface area contributed by atoms with E-state index in [1.807, 2.05) is 32.0 Å². The molecular weight excluding hydrogens is 260 g/mol. The second-order valence-electron chi connectivity index (χ2n) is 4.43. The predicted octanol–water partition coefficient (Wildman–Crippen LogP) is 3.17. The van der Waals surface area contributed by atoms with Gasteiger partial charge in [0.2, 0.25) is 5.28 Å². The molecule has 0 aliphatic rings. The van der Waals surface area contributed by atoms with Gasteiger partial charge in [-0.15, -0.1) is 0 Å². The summed E-state index contributed by atoms with van der Waals surface area (Å²) in [5, 5.41) is 0.274. The van der Waals surface area contributed by atoms with Gasteiger partial charge < -0.3 is 4.90 Å². The Kier molecular flexibility index (Phi) is 4.32. The van der Waals surface area contributed by atoms with Gasteiger partial charge in [-0.3, -0.25) is 4.98 Å². The summed E-state index contributed by atoms with van der Waals surface area (Å²) in [6.45, 7) is 7.62.